The molecule has 0 saturated heterocycles. The molecule has 1 heteroatoms. The van der Waals surface area contributed by atoms with Crippen LogP contribution in [0, 0.1) is 16.7 Å². The van der Waals surface area contributed by atoms with E-state index in [4.69, 9.17) is 0 Å². The summed E-state index contributed by atoms with van der Waals surface area (Å²) in [7, 11) is 0. The molecule has 2 bridgehead atoms. The third-order valence-corrected chi connectivity index (χ3v) is 5.56. The molecule has 1 aromatic rings. The smallest absolute Gasteiger partial charge is 0.151 e. The lowest BCUT2D eigenvalue weighted by Crippen LogP contribution is -2.34. The summed E-state index contributed by atoms with van der Waals surface area (Å²) in [6.45, 7) is 8.45. The number of benzene rings is 1. The molecule has 0 amide bonds. The van der Waals surface area contributed by atoms with Gasteiger partial charge in [0.1, 0.15) is 0 Å². The zero-order valence-corrected chi connectivity index (χ0v) is 11.1. The number of carbonyl (C=O) groups is 1. The summed E-state index contributed by atoms with van der Waals surface area (Å²) in [6.07, 6.45) is 4.05. The van der Waals surface area contributed by atoms with Crippen LogP contribution in [0.4, 0.5) is 0 Å². The van der Waals surface area contributed by atoms with Crippen molar-refractivity contribution in [1.29, 1.82) is 0 Å². The highest BCUT2D eigenvalue weighted by Gasteiger charge is 2.67. The van der Waals surface area contributed by atoms with Crippen LogP contribution in [0.3, 0.4) is 0 Å². The summed E-state index contributed by atoms with van der Waals surface area (Å²) < 4.78 is 0. The minimum atomic E-state index is -0.293. The summed E-state index contributed by atoms with van der Waals surface area (Å²) in [4.78, 5) is 12.9. The van der Waals surface area contributed by atoms with Crippen molar-refractivity contribution in [3.8, 4) is 0 Å². The first kappa shape index (κ1) is 11.7. The maximum absolute atomic E-state index is 12.9. The molecule has 2 saturated carbocycles. The van der Waals surface area contributed by atoms with E-state index in [9.17, 15) is 4.79 Å². The molecule has 0 aromatic heterocycles. The highest BCUT2D eigenvalue weighted by molar-refractivity contribution is 5.97. The molecule has 0 aliphatic heterocycles. The van der Waals surface area contributed by atoms with Crippen LogP contribution in [0.1, 0.15) is 38.2 Å². The Kier molecular flexibility index (Phi) is 2.32. The van der Waals surface area contributed by atoms with Crippen LogP contribution >= 0.6 is 0 Å². The van der Waals surface area contributed by atoms with Gasteiger partial charge in [0.25, 0.3) is 0 Å². The minimum absolute atomic E-state index is 0.0480. The molecular weight excluding hydrogens is 220 g/mol. The van der Waals surface area contributed by atoms with Crippen LogP contribution in [-0.2, 0) is 4.79 Å². The molecule has 2 fully saturated rings. The Hall–Kier alpha value is -1.37. The second-order valence-electron chi connectivity index (χ2n) is 6.29. The zero-order valence-electron chi connectivity index (χ0n) is 11.1. The van der Waals surface area contributed by atoms with Crippen molar-refractivity contribution < 1.29 is 4.79 Å². The number of rotatable bonds is 2. The fourth-order valence-corrected chi connectivity index (χ4v) is 4.39. The number of ketones is 1. The fraction of sp³-hybridized carbons (Fsp3) is 0.471. The second-order valence-corrected chi connectivity index (χ2v) is 6.29. The van der Waals surface area contributed by atoms with Gasteiger partial charge in [0.2, 0.25) is 0 Å². The van der Waals surface area contributed by atoms with E-state index in [0.717, 1.165) is 12.8 Å². The molecule has 1 nitrogen and oxygen atoms in total. The van der Waals surface area contributed by atoms with Crippen LogP contribution in [-0.4, -0.2) is 5.78 Å². The maximum Gasteiger partial charge on any atom is 0.151 e. The van der Waals surface area contributed by atoms with Gasteiger partial charge >= 0.3 is 0 Å². The van der Waals surface area contributed by atoms with Gasteiger partial charge in [0.05, 0.1) is 5.41 Å². The number of fused-ring (bicyclic) bond motifs is 2. The van der Waals surface area contributed by atoms with Crippen molar-refractivity contribution in [1.82, 2.24) is 0 Å². The van der Waals surface area contributed by atoms with Gasteiger partial charge in [-0.1, -0.05) is 50.3 Å². The van der Waals surface area contributed by atoms with E-state index in [-0.39, 0.29) is 16.7 Å². The minimum Gasteiger partial charge on any atom is -0.298 e. The lowest BCUT2D eigenvalue weighted by Gasteiger charge is -2.33. The molecule has 0 heterocycles. The summed E-state index contributed by atoms with van der Waals surface area (Å²) in [5.41, 5.74) is 0.939. The number of allylic oxidation sites excluding steroid dienone is 1. The predicted octanol–water partition coefficient (Wildman–Crippen LogP) is 3.96. The van der Waals surface area contributed by atoms with Crippen molar-refractivity contribution in [3.05, 3.63) is 48.6 Å². The van der Waals surface area contributed by atoms with E-state index in [1.165, 1.54) is 5.56 Å². The third kappa shape index (κ3) is 1.15. The Bertz CT molecular complexity index is 500. The van der Waals surface area contributed by atoms with Gasteiger partial charge in [0, 0.05) is 5.92 Å². The Morgan fingerprint density at radius 3 is 2.50 bits per heavy atom. The van der Waals surface area contributed by atoms with Gasteiger partial charge in [-0.05, 0) is 29.7 Å². The molecule has 3 rings (SSSR count). The van der Waals surface area contributed by atoms with Crippen LogP contribution in [0.25, 0.3) is 0 Å². The lowest BCUT2D eigenvalue weighted by molar-refractivity contribution is -0.127. The number of carbonyl (C=O) groups excluding carboxylic acids is 1. The first-order valence-corrected chi connectivity index (χ1v) is 6.77. The van der Waals surface area contributed by atoms with Crippen LogP contribution in [0.2, 0.25) is 0 Å². The van der Waals surface area contributed by atoms with Gasteiger partial charge < -0.3 is 0 Å². The monoisotopic (exact) mass is 240 g/mol. The Balaban J connectivity index is 2.12. The number of hydrogen-bond acceptors (Lipinski definition) is 1. The highest BCUT2D eigenvalue weighted by atomic mass is 16.1. The zero-order chi connectivity index (χ0) is 13.0. The fourth-order valence-electron chi connectivity index (χ4n) is 4.39. The van der Waals surface area contributed by atoms with Gasteiger partial charge in [-0.2, -0.15) is 0 Å². The second kappa shape index (κ2) is 3.57. The van der Waals surface area contributed by atoms with Crippen molar-refractivity contribution in [3.63, 3.8) is 0 Å². The van der Waals surface area contributed by atoms with Crippen molar-refractivity contribution in [2.75, 3.05) is 0 Å². The van der Waals surface area contributed by atoms with Crippen molar-refractivity contribution in [2.24, 2.45) is 16.7 Å². The quantitative estimate of drug-likeness (QED) is 0.715. The normalized spacial score (nSPS) is 36.9. The standard InChI is InChI=1S/C17H20O/c1-4-17-11-10-13(16(17,2)3)14(15(17)18)12-8-6-5-7-9-12/h4-9,13-14H,1,10-11H2,2-3H3. The average Bonchev–Trinajstić information content (AvgIpc) is 2.72. The van der Waals surface area contributed by atoms with E-state index < -0.39 is 0 Å². The van der Waals surface area contributed by atoms with Gasteiger partial charge in [0.15, 0.2) is 5.78 Å². The molecule has 2 aliphatic rings. The summed E-state index contributed by atoms with van der Waals surface area (Å²) in [6, 6.07) is 10.3. The van der Waals surface area contributed by atoms with Crippen LogP contribution in [0.5, 0.6) is 0 Å². The third-order valence-electron chi connectivity index (χ3n) is 5.56. The topological polar surface area (TPSA) is 17.1 Å². The Morgan fingerprint density at radius 1 is 1.28 bits per heavy atom. The molecular formula is C17H20O. The molecule has 3 unspecified atom stereocenters. The predicted molar refractivity (Wildman–Crippen MR) is 73.3 cm³/mol. The largest absolute Gasteiger partial charge is 0.298 e. The number of hydrogen-bond donors (Lipinski definition) is 0. The molecule has 0 N–H and O–H groups in total. The Labute approximate surface area is 109 Å². The van der Waals surface area contributed by atoms with E-state index in [1.807, 2.05) is 24.3 Å². The van der Waals surface area contributed by atoms with Gasteiger partial charge in [-0.3, -0.25) is 4.79 Å². The molecule has 94 valence electrons. The van der Waals surface area contributed by atoms with E-state index in [0.29, 0.717) is 11.7 Å². The lowest BCUT2D eigenvalue weighted by atomic mass is 9.69. The summed E-state index contributed by atoms with van der Waals surface area (Å²) in [5.74, 6) is 0.934. The first-order valence-electron chi connectivity index (χ1n) is 6.77. The molecule has 0 spiro atoms. The molecule has 18 heavy (non-hydrogen) atoms. The molecule has 2 aliphatic carbocycles. The summed E-state index contributed by atoms with van der Waals surface area (Å²) >= 11 is 0. The van der Waals surface area contributed by atoms with Crippen LogP contribution in [0.15, 0.2) is 43.0 Å². The van der Waals surface area contributed by atoms with E-state index in [2.05, 4.69) is 32.6 Å². The molecule has 3 atom stereocenters. The van der Waals surface area contributed by atoms with E-state index in [1.54, 1.807) is 0 Å². The SMILES string of the molecule is C=CC12CCC(C(c3ccccc3)C1=O)C2(C)C. The van der Waals surface area contributed by atoms with E-state index >= 15 is 0 Å². The average molecular weight is 240 g/mol. The van der Waals surface area contributed by atoms with Crippen LogP contribution < -0.4 is 0 Å². The van der Waals surface area contributed by atoms with Crippen molar-refractivity contribution >= 4 is 5.78 Å². The highest BCUT2D eigenvalue weighted by Crippen LogP contribution is 2.68. The molecule has 0 radical (unpaired) electrons. The molecule has 1 aromatic carbocycles. The maximum atomic E-state index is 12.9. The first-order chi connectivity index (χ1) is 8.54. The van der Waals surface area contributed by atoms with Crippen molar-refractivity contribution in [2.45, 2.75) is 32.6 Å². The summed E-state index contributed by atoms with van der Waals surface area (Å²) in [5, 5.41) is 0. The van der Waals surface area contributed by atoms with Gasteiger partial charge in [-0.15, -0.1) is 6.58 Å². The van der Waals surface area contributed by atoms with Gasteiger partial charge in [-0.25, -0.2) is 0 Å². The number of Topliss-reactive ketones (excluding diaryl/α,β-unsaturated/α-hetero) is 1. The Morgan fingerprint density at radius 2 is 1.94 bits per heavy atom.